The second-order valence-corrected chi connectivity index (χ2v) is 11.1. The highest BCUT2D eigenvalue weighted by Gasteiger charge is 2.55. The number of imidazole rings is 1. The molecular weight excluding hydrogens is 565 g/mol. The molecule has 35 heavy (non-hydrogen) atoms. The Labute approximate surface area is 201 Å². The number of hydrogen-bond donors (Lipinski definition) is 8. The zero-order valence-corrected chi connectivity index (χ0v) is 20.0. The minimum atomic E-state index is -6.03. The van der Waals surface area contributed by atoms with Crippen molar-refractivity contribution in [3.8, 4) is 11.3 Å². The summed E-state index contributed by atoms with van der Waals surface area (Å²) in [4.78, 5) is 58.1. The summed E-state index contributed by atoms with van der Waals surface area (Å²) in [6, 6.07) is 0. The molecule has 23 heteroatoms. The monoisotopic (exact) mass is 582 g/mol. The number of anilines is 1. The van der Waals surface area contributed by atoms with Crippen molar-refractivity contribution in [2.24, 2.45) is 5.73 Å². The van der Waals surface area contributed by atoms with Crippen LogP contribution in [-0.2, 0) is 31.6 Å². The molecule has 0 aliphatic carbocycles. The Kier molecular flexibility index (Phi) is 6.87. The molecule has 194 valence electrons. The number of nitrogens with two attached hydrogens (primary N) is 2. The van der Waals surface area contributed by atoms with Crippen molar-refractivity contribution >= 4 is 52.2 Å². The third kappa shape index (κ3) is 6.17. The summed E-state index contributed by atoms with van der Waals surface area (Å²) < 4.78 is 68.0. The van der Waals surface area contributed by atoms with Crippen molar-refractivity contribution in [3.63, 3.8) is 0 Å². The minimum Gasteiger partial charge on any atom is -0.387 e. The SMILES string of the molecule is [2H]C([2H])(OP(=O)(O)OP(=O)(O)OP(=O)(O)O)[C@H]1O[C@@H](n2cnc3c(=O)[nH]c(N)nc32)C(N)(C#CCl)[C@H]1O. The average molecular weight is 583 g/mol. The van der Waals surface area contributed by atoms with E-state index in [1.54, 1.807) is 0 Å². The molecule has 3 unspecified atom stereocenters. The number of nitrogens with one attached hydrogen (secondary N) is 1. The third-order valence-corrected chi connectivity index (χ3v) is 7.89. The largest absolute Gasteiger partial charge is 0.490 e. The molecule has 1 aliphatic rings. The number of ether oxygens (including phenoxy) is 1. The molecule has 3 heterocycles. The Morgan fingerprint density at radius 1 is 1.31 bits per heavy atom. The lowest BCUT2D eigenvalue weighted by atomic mass is 9.92. The lowest BCUT2D eigenvalue weighted by molar-refractivity contribution is -0.0438. The predicted octanol–water partition coefficient (Wildman–Crippen LogP) is -1.80. The summed E-state index contributed by atoms with van der Waals surface area (Å²) in [6.07, 6.45) is -5.41. The highest BCUT2D eigenvalue weighted by atomic mass is 35.5. The van der Waals surface area contributed by atoms with Gasteiger partial charge in [-0.3, -0.25) is 18.9 Å². The number of hydrogen-bond acceptors (Lipinski definition) is 13. The van der Waals surface area contributed by atoms with E-state index in [0.29, 0.717) is 0 Å². The number of nitrogens with zero attached hydrogens (tertiary/aromatic N) is 3. The standard InChI is InChI=1S/C12H16ClN6O13P3/c13-2-1-12(15)7(20)5(3-29-34(25,26)32-35(27,28)31-33(22,23)24)30-10(12)19-4-16-6-8(19)17-11(14)18-9(6)21/h4-5,7,10,20H,3,15H2,(H,25,26)(H,27,28)(H2,22,23,24)(H3,14,17,18,21)/t5-,7+,10-,12?/m1/s1/i3D2. The van der Waals surface area contributed by atoms with E-state index in [2.05, 4.69) is 34.0 Å². The number of halogens is 1. The van der Waals surface area contributed by atoms with Gasteiger partial charge in [0.2, 0.25) is 5.95 Å². The van der Waals surface area contributed by atoms with E-state index in [1.807, 2.05) is 5.38 Å². The van der Waals surface area contributed by atoms with Crippen LogP contribution in [0.15, 0.2) is 11.1 Å². The Morgan fingerprint density at radius 2 is 1.97 bits per heavy atom. The van der Waals surface area contributed by atoms with Crippen molar-refractivity contribution in [1.29, 1.82) is 0 Å². The highest BCUT2D eigenvalue weighted by molar-refractivity contribution is 7.66. The zero-order chi connectivity index (χ0) is 28.2. The number of aromatic amines is 1. The van der Waals surface area contributed by atoms with Gasteiger partial charge in [-0.1, -0.05) is 5.92 Å². The van der Waals surface area contributed by atoms with Crippen LogP contribution in [0, 0.1) is 11.3 Å². The number of fused-ring (bicyclic) bond motifs is 1. The van der Waals surface area contributed by atoms with Crippen LogP contribution >= 0.6 is 35.1 Å². The highest BCUT2D eigenvalue weighted by Crippen LogP contribution is 2.66. The maximum absolute atomic E-state index is 12.2. The van der Waals surface area contributed by atoms with Gasteiger partial charge in [0.05, 0.1) is 15.6 Å². The molecule has 0 aromatic carbocycles. The van der Waals surface area contributed by atoms with Gasteiger partial charge >= 0.3 is 23.5 Å². The Morgan fingerprint density at radius 3 is 2.57 bits per heavy atom. The summed E-state index contributed by atoms with van der Waals surface area (Å²) in [5.74, 6) is 1.81. The molecule has 2 aromatic rings. The van der Waals surface area contributed by atoms with Gasteiger partial charge in [-0.25, -0.2) is 18.7 Å². The van der Waals surface area contributed by atoms with E-state index in [9.17, 15) is 33.4 Å². The van der Waals surface area contributed by atoms with Crippen LogP contribution in [0.25, 0.3) is 11.2 Å². The average Bonchev–Trinajstić information content (AvgIpc) is 3.18. The molecular formula is C12H16ClN6O13P3. The molecule has 1 fully saturated rings. The summed E-state index contributed by atoms with van der Waals surface area (Å²) >= 11 is 5.44. The number of phosphoric acid groups is 3. The van der Waals surface area contributed by atoms with Gasteiger partial charge < -0.3 is 40.9 Å². The molecule has 3 rings (SSSR count). The molecule has 0 spiro atoms. The van der Waals surface area contributed by atoms with Crippen LogP contribution in [0.4, 0.5) is 5.95 Å². The van der Waals surface area contributed by atoms with E-state index in [-0.39, 0.29) is 17.1 Å². The summed E-state index contributed by atoms with van der Waals surface area (Å²) in [5.41, 5.74) is 7.98. The van der Waals surface area contributed by atoms with Crippen molar-refractivity contribution in [1.82, 2.24) is 19.5 Å². The number of rotatable bonds is 8. The van der Waals surface area contributed by atoms with Crippen LogP contribution in [0.2, 0.25) is 0 Å². The predicted molar refractivity (Wildman–Crippen MR) is 113 cm³/mol. The first-order valence-electron chi connectivity index (χ1n) is 9.53. The zero-order valence-electron chi connectivity index (χ0n) is 18.5. The number of aliphatic hydroxyl groups is 1. The number of nitrogen functional groups attached to an aromatic ring is 1. The smallest absolute Gasteiger partial charge is 0.387 e. The lowest BCUT2D eigenvalue weighted by Crippen LogP contribution is -2.53. The molecule has 0 bridgehead atoms. The first kappa shape index (κ1) is 25.0. The van der Waals surface area contributed by atoms with E-state index < -0.39 is 59.6 Å². The Hall–Kier alpha value is -1.71. The van der Waals surface area contributed by atoms with Crippen LogP contribution in [0.1, 0.15) is 8.97 Å². The summed E-state index contributed by atoms with van der Waals surface area (Å²) in [7, 11) is -17.7. The maximum atomic E-state index is 12.2. The molecule has 1 saturated heterocycles. The van der Waals surface area contributed by atoms with Gasteiger partial charge in [0.15, 0.2) is 22.9 Å². The second kappa shape index (κ2) is 9.63. The van der Waals surface area contributed by atoms with Crippen molar-refractivity contribution in [2.75, 3.05) is 12.3 Å². The molecule has 10 N–H and O–H groups in total. The van der Waals surface area contributed by atoms with E-state index in [0.717, 1.165) is 10.9 Å². The maximum Gasteiger partial charge on any atom is 0.490 e. The third-order valence-electron chi connectivity index (χ3n) is 4.13. The molecule has 1 aliphatic heterocycles. The van der Waals surface area contributed by atoms with Crippen LogP contribution < -0.4 is 17.0 Å². The van der Waals surface area contributed by atoms with Crippen molar-refractivity contribution in [3.05, 3.63) is 16.7 Å². The van der Waals surface area contributed by atoms with Gasteiger partial charge in [0.25, 0.3) is 5.56 Å². The topological polar surface area (TPSA) is 305 Å². The first-order valence-corrected chi connectivity index (χ1v) is 13.4. The minimum absolute atomic E-state index is 0.265. The van der Waals surface area contributed by atoms with Crippen molar-refractivity contribution in [2.45, 2.75) is 24.0 Å². The van der Waals surface area contributed by atoms with E-state index in [1.165, 1.54) is 0 Å². The normalized spacial score (nSPS) is 29.5. The summed E-state index contributed by atoms with van der Waals surface area (Å²) in [6.45, 7) is -3.61. The second-order valence-electron chi connectivity index (χ2n) is 6.58. The molecule has 19 nitrogen and oxygen atoms in total. The fourth-order valence-electron chi connectivity index (χ4n) is 2.86. The number of H-pyrrole nitrogens is 1. The van der Waals surface area contributed by atoms with Gasteiger partial charge in [-0.05, 0) is 11.6 Å². The Balaban J connectivity index is 1.99. The van der Waals surface area contributed by atoms with Gasteiger partial charge in [-0.15, -0.1) is 0 Å². The number of phosphoric ester groups is 1. The molecule has 0 amide bonds. The molecule has 0 radical (unpaired) electrons. The van der Waals surface area contributed by atoms with Crippen molar-refractivity contribution < 1.29 is 59.0 Å². The van der Waals surface area contributed by atoms with Crippen LogP contribution in [0.3, 0.4) is 0 Å². The first-order chi connectivity index (χ1) is 16.7. The molecule has 2 aromatic heterocycles. The molecule has 6 atom stereocenters. The van der Waals surface area contributed by atoms with E-state index >= 15 is 0 Å². The fourth-order valence-corrected chi connectivity index (χ4v) is 5.90. The van der Waals surface area contributed by atoms with Crippen LogP contribution in [-0.4, -0.2) is 68.5 Å². The van der Waals surface area contributed by atoms with Gasteiger partial charge in [0.1, 0.15) is 12.2 Å². The number of aromatic nitrogens is 4. The molecule has 0 saturated carbocycles. The Bertz CT molecular complexity index is 1490. The van der Waals surface area contributed by atoms with Crippen LogP contribution in [0.5, 0.6) is 0 Å². The van der Waals surface area contributed by atoms with E-state index in [4.69, 9.17) is 40.3 Å². The summed E-state index contributed by atoms with van der Waals surface area (Å²) in [5, 5.41) is 12.7. The fraction of sp³-hybridized carbons (Fsp3) is 0.417. The van der Waals surface area contributed by atoms with Gasteiger partial charge in [-0.2, -0.15) is 13.6 Å². The lowest BCUT2D eigenvalue weighted by Gasteiger charge is -2.27. The van der Waals surface area contributed by atoms with Gasteiger partial charge in [0, 0.05) is 5.38 Å². The quantitative estimate of drug-likeness (QED) is 0.126. The number of aliphatic hydroxyl groups excluding tert-OH is 1.